The van der Waals surface area contributed by atoms with E-state index >= 15 is 0 Å². The van der Waals surface area contributed by atoms with E-state index in [2.05, 4.69) is 28.1 Å². The van der Waals surface area contributed by atoms with E-state index in [1.807, 2.05) is 0 Å². The lowest BCUT2D eigenvalue weighted by atomic mass is 10.2. The van der Waals surface area contributed by atoms with Crippen molar-refractivity contribution >= 4 is 28.7 Å². The molecule has 1 aromatic rings. The van der Waals surface area contributed by atoms with Gasteiger partial charge in [0.05, 0.1) is 6.04 Å². The van der Waals surface area contributed by atoms with Crippen molar-refractivity contribution in [3.63, 3.8) is 0 Å². The molecule has 2 heterocycles. The van der Waals surface area contributed by atoms with E-state index < -0.39 is 0 Å². The highest BCUT2D eigenvalue weighted by Crippen LogP contribution is 2.11. The van der Waals surface area contributed by atoms with Gasteiger partial charge < -0.3 is 10.6 Å². The van der Waals surface area contributed by atoms with Crippen LogP contribution in [0.25, 0.3) is 0 Å². The third kappa shape index (κ3) is 1.76. The Labute approximate surface area is 81.0 Å². The van der Waals surface area contributed by atoms with Crippen LogP contribution >= 0.6 is 23.6 Å². The normalized spacial score (nSPS) is 22.0. The first kappa shape index (κ1) is 8.01. The highest BCUT2D eigenvalue weighted by molar-refractivity contribution is 7.80. The van der Waals surface area contributed by atoms with Crippen LogP contribution in [0, 0.1) is 0 Å². The van der Waals surface area contributed by atoms with Gasteiger partial charge in [-0.1, -0.05) is 6.07 Å². The molecule has 0 radical (unpaired) electrons. The summed E-state index contributed by atoms with van der Waals surface area (Å²) >= 11 is 6.77. The summed E-state index contributed by atoms with van der Waals surface area (Å²) < 4.78 is 0. The number of nitrogens with one attached hydrogen (secondary N) is 2. The molecule has 1 unspecified atom stereocenters. The fraction of sp³-hybridized carbons (Fsp3) is 0.375. The molecule has 1 aliphatic rings. The monoisotopic (exact) mass is 198 g/mol. The predicted octanol–water partition coefficient (Wildman–Crippen LogP) is 1.14. The van der Waals surface area contributed by atoms with E-state index in [0.717, 1.165) is 18.1 Å². The van der Waals surface area contributed by atoms with Gasteiger partial charge in [0.25, 0.3) is 0 Å². The van der Waals surface area contributed by atoms with E-state index in [0.29, 0.717) is 6.04 Å². The van der Waals surface area contributed by atoms with Crippen LogP contribution in [0.3, 0.4) is 0 Å². The van der Waals surface area contributed by atoms with Crippen molar-refractivity contribution in [3.05, 3.63) is 22.4 Å². The molecule has 0 aliphatic carbocycles. The summed E-state index contributed by atoms with van der Waals surface area (Å²) in [5, 5.41) is 9.22. The molecular formula is C8H10N2S2. The lowest BCUT2D eigenvalue weighted by Crippen LogP contribution is -2.27. The Balaban J connectivity index is 1.92. The molecule has 0 amide bonds. The van der Waals surface area contributed by atoms with Crippen molar-refractivity contribution in [2.24, 2.45) is 0 Å². The summed E-state index contributed by atoms with van der Waals surface area (Å²) in [6.07, 6.45) is 1.07. The largest absolute Gasteiger partial charge is 0.361 e. The van der Waals surface area contributed by atoms with Crippen molar-refractivity contribution in [3.8, 4) is 0 Å². The lowest BCUT2D eigenvalue weighted by Gasteiger charge is -2.05. The second-order valence-electron chi connectivity index (χ2n) is 2.83. The van der Waals surface area contributed by atoms with Gasteiger partial charge >= 0.3 is 0 Å². The summed E-state index contributed by atoms with van der Waals surface area (Å²) in [6.45, 7) is 0.955. The van der Waals surface area contributed by atoms with Crippen molar-refractivity contribution in [1.82, 2.24) is 10.6 Å². The van der Waals surface area contributed by atoms with Crippen LogP contribution in [0.4, 0.5) is 0 Å². The van der Waals surface area contributed by atoms with Gasteiger partial charge in [-0.3, -0.25) is 0 Å². The minimum atomic E-state index is 0.483. The van der Waals surface area contributed by atoms with E-state index in [4.69, 9.17) is 12.2 Å². The van der Waals surface area contributed by atoms with Crippen LogP contribution in [0.5, 0.6) is 0 Å². The molecule has 64 valence electrons. The second-order valence-corrected chi connectivity index (χ2v) is 4.28. The van der Waals surface area contributed by atoms with Crippen LogP contribution in [-0.4, -0.2) is 17.7 Å². The predicted molar refractivity (Wildman–Crippen MR) is 55.5 cm³/mol. The van der Waals surface area contributed by atoms with E-state index in [1.165, 1.54) is 4.88 Å². The van der Waals surface area contributed by atoms with E-state index in [9.17, 15) is 0 Å². The quantitative estimate of drug-likeness (QED) is 0.697. The second kappa shape index (κ2) is 3.41. The average Bonchev–Trinajstić information content (AvgIpc) is 2.63. The summed E-state index contributed by atoms with van der Waals surface area (Å²) in [7, 11) is 0. The molecule has 0 saturated carbocycles. The third-order valence-electron chi connectivity index (χ3n) is 1.87. The molecule has 0 aromatic carbocycles. The smallest absolute Gasteiger partial charge is 0.166 e. The van der Waals surface area contributed by atoms with Gasteiger partial charge in [0.1, 0.15) is 0 Å². The fourth-order valence-electron chi connectivity index (χ4n) is 1.30. The van der Waals surface area contributed by atoms with Crippen LogP contribution in [0.1, 0.15) is 4.88 Å². The summed E-state index contributed by atoms with van der Waals surface area (Å²) in [6, 6.07) is 4.73. The highest BCUT2D eigenvalue weighted by atomic mass is 32.1. The average molecular weight is 198 g/mol. The lowest BCUT2D eigenvalue weighted by molar-refractivity contribution is 0.659. The Morgan fingerprint density at radius 3 is 3.17 bits per heavy atom. The third-order valence-corrected chi connectivity index (χ3v) is 3.03. The fourth-order valence-corrected chi connectivity index (χ4v) is 2.33. The van der Waals surface area contributed by atoms with Gasteiger partial charge in [-0.2, -0.15) is 0 Å². The van der Waals surface area contributed by atoms with E-state index in [1.54, 1.807) is 11.3 Å². The summed E-state index contributed by atoms with van der Waals surface area (Å²) in [5.41, 5.74) is 0. The zero-order chi connectivity index (χ0) is 8.39. The SMILES string of the molecule is S=C1NCC(Cc2cccs2)N1. The first-order valence-electron chi connectivity index (χ1n) is 3.91. The molecule has 2 rings (SSSR count). The Bertz CT molecular complexity index is 269. The first-order valence-corrected chi connectivity index (χ1v) is 5.20. The standard InChI is InChI=1S/C8H10N2S2/c11-8-9-5-6(10-8)4-7-2-1-3-12-7/h1-3,6H,4-5H2,(H2,9,10,11). The van der Waals surface area contributed by atoms with Crippen LogP contribution in [0.2, 0.25) is 0 Å². The summed E-state index contributed by atoms with van der Waals surface area (Å²) in [5.74, 6) is 0. The van der Waals surface area contributed by atoms with Gasteiger partial charge in [0.15, 0.2) is 5.11 Å². The van der Waals surface area contributed by atoms with Crippen molar-refractivity contribution in [1.29, 1.82) is 0 Å². The van der Waals surface area contributed by atoms with Gasteiger partial charge in [-0.05, 0) is 23.7 Å². The van der Waals surface area contributed by atoms with Crippen molar-refractivity contribution in [2.45, 2.75) is 12.5 Å². The zero-order valence-corrected chi connectivity index (χ0v) is 8.17. The van der Waals surface area contributed by atoms with Gasteiger partial charge in [0.2, 0.25) is 0 Å². The number of thiocarbonyl (C=S) groups is 1. The molecule has 2 nitrogen and oxygen atoms in total. The Kier molecular flexibility index (Phi) is 2.28. The van der Waals surface area contributed by atoms with Crippen LogP contribution < -0.4 is 10.6 Å². The van der Waals surface area contributed by atoms with E-state index in [-0.39, 0.29) is 0 Å². The minimum Gasteiger partial charge on any atom is -0.361 e. The molecule has 1 aliphatic heterocycles. The molecule has 1 fully saturated rings. The highest BCUT2D eigenvalue weighted by Gasteiger charge is 2.17. The van der Waals surface area contributed by atoms with Crippen molar-refractivity contribution in [2.75, 3.05) is 6.54 Å². The maximum atomic E-state index is 4.97. The zero-order valence-electron chi connectivity index (χ0n) is 6.54. The minimum absolute atomic E-state index is 0.483. The maximum Gasteiger partial charge on any atom is 0.166 e. The van der Waals surface area contributed by atoms with Crippen LogP contribution in [0.15, 0.2) is 17.5 Å². The van der Waals surface area contributed by atoms with Gasteiger partial charge in [0, 0.05) is 17.8 Å². The summed E-state index contributed by atoms with van der Waals surface area (Å²) in [4.78, 5) is 1.42. The number of rotatable bonds is 2. The molecule has 1 saturated heterocycles. The van der Waals surface area contributed by atoms with Crippen molar-refractivity contribution < 1.29 is 0 Å². The Hall–Kier alpha value is -0.610. The molecule has 0 bridgehead atoms. The molecule has 4 heteroatoms. The molecule has 2 N–H and O–H groups in total. The van der Waals surface area contributed by atoms with Gasteiger partial charge in [-0.25, -0.2) is 0 Å². The molecular weight excluding hydrogens is 188 g/mol. The Morgan fingerprint density at radius 1 is 1.67 bits per heavy atom. The number of thiophene rings is 1. The molecule has 12 heavy (non-hydrogen) atoms. The number of hydrogen-bond donors (Lipinski definition) is 2. The maximum absolute atomic E-state index is 4.97. The van der Waals surface area contributed by atoms with Gasteiger partial charge in [-0.15, -0.1) is 11.3 Å². The molecule has 0 spiro atoms. The number of hydrogen-bond acceptors (Lipinski definition) is 2. The topological polar surface area (TPSA) is 24.1 Å². The first-order chi connectivity index (χ1) is 5.84. The molecule has 1 atom stereocenters. The molecule has 1 aromatic heterocycles. The Morgan fingerprint density at radius 2 is 2.58 bits per heavy atom. The van der Waals surface area contributed by atoms with Crippen LogP contribution in [-0.2, 0) is 6.42 Å².